The van der Waals surface area contributed by atoms with Crippen molar-refractivity contribution < 1.29 is 4.39 Å². The van der Waals surface area contributed by atoms with Gasteiger partial charge in [0.2, 0.25) is 0 Å². The van der Waals surface area contributed by atoms with Gasteiger partial charge in [-0.05, 0) is 66.8 Å². The van der Waals surface area contributed by atoms with E-state index in [9.17, 15) is 4.39 Å². The Bertz CT molecular complexity index is 716. The highest BCUT2D eigenvalue weighted by molar-refractivity contribution is 5.85. The van der Waals surface area contributed by atoms with Crippen LogP contribution in [0.15, 0.2) is 42.5 Å². The molecule has 2 heterocycles. The quantitative estimate of drug-likeness (QED) is 0.778. The third kappa shape index (κ3) is 4.05. The van der Waals surface area contributed by atoms with Crippen molar-refractivity contribution in [2.75, 3.05) is 19.6 Å². The molecular formula is C21H26ClFN2. The number of hydrogen-bond acceptors (Lipinski definition) is 2. The second-order valence-electron chi connectivity index (χ2n) is 7.23. The van der Waals surface area contributed by atoms with Crippen molar-refractivity contribution in [2.45, 2.75) is 38.9 Å². The third-order valence-electron chi connectivity index (χ3n) is 5.57. The summed E-state index contributed by atoms with van der Waals surface area (Å²) in [5.41, 5.74) is 5.13. The van der Waals surface area contributed by atoms with Crippen molar-refractivity contribution in [1.29, 1.82) is 0 Å². The van der Waals surface area contributed by atoms with Crippen LogP contribution < -0.4 is 0 Å². The molecule has 2 aromatic carbocycles. The number of halogens is 2. The van der Waals surface area contributed by atoms with E-state index < -0.39 is 0 Å². The average molecular weight is 361 g/mol. The number of benzene rings is 2. The molecule has 2 aliphatic rings. The Balaban J connectivity index is 0.00000182. The lowest BCUT2D eigenvalue weighted by atomic mass is 10.0. The fourth-order valence-electron chi connectivity index (χ4n) is 4.04. The first kappa shape index (κ1) is 18.4. The summed E-state index contributed by atoms with van der Waals surface area (Å²) in [5, 5.41) is 0. The van der Waals surface area contributed by atoms with Gasteiger partial charge in [-0.1, -0.05) is 24.3 Å². The van der Waals surface area contributed by atoms with E-state index in [1.165, 1.54) is 54.8 Å². The van der Waals surface area contributed by atoms with Crippen molar-refractivity contribution >= 4 is 12.4 Å². The highest BCUT2D eigenvalue weighted by atomic mass is 35.5. The molecule has 134 valence electrons. The minimum absolute atomic E-state index is 0. The van der Waals surface area contributed by atoms with Crippen LogP contribution in [0.5, 0.6) is 0 Å². The van der Waals surface area contributed by atoms with Gasteiger partial charge in [0.25, 0.3) is 0 Å². The van der Waals surface area contributed by atoms with E-state index in [4.69, 9.17) is 0 Å². The first-order chi connectivity index (χ1) is 11.7. The van der Waals surface area contributed by atoms with Crippen LogP contribution in [0.25, 0.3) is 11.1 Å². The molecule has 2 nitrogen and oxygen atoms in total. The van der Waals surface area contributed by atoms with Crippen molar-refractivity contribution in [3.63, 3.8) is 0 Å². The van der Waals surface area contributed by atoms with Crippen LogP contribution in [-0.4, -0.2) is 35.5 Å². The number of likely N-dealkylation sites (tertiary alicyclic amines) is 1. The molecule has 2 aliphatic heterocycles. The van der Waals surface area contributed by atoms with Crippen LogP contribution >= 0.6 is 12.4 Å². The van der Waals surface area contributed by atoms with Gasteiger partial charge in [0.15, 0.2) is 0 Å². The number of hydrogen-bond donors (Lipinski definition) is 0. The van der Waals surface area contributed by atoms with Gasteiger partial charge < -0.3 is 0 Å². The molecule has 0 saturated carbocycles. The number of nitrogens with zero attached hydrogens (tertiary/aromatic N) is 2. The first-order valence-corrected chi connectivity index (χ1v) is 9.03. The maximum absolute atomic E-state index is 13.1. The molecule has 1 fully saturated rings. The fourth-order valence-corrected chi connectivity index (χ4v) is 4.04. The predicted octanol–water partition coefficient (Wildman–Crippen LogP) is 4.71. The molecule has 0 radical (unpaired) electrons. The largest absolute Gasteiger partial charge is 0.299 e. The Morgan fingerprint density at radius 2 is 1.68 bits per heavy atom. The lowest BCUT2D eigenvalue weighted by Gasteiger charge is -2.24. The first-order valence-electron chi connectivity index (χ1n) is 9.03. The summed E-state index contributed by atoms with van der Waals surface area (Å²) in [6, 6.07) is 14.2. The number of fused-ring (bicyclic) bond motifs is 1. The second-order valence-corrected chi connectivity index (χ2v) is 7.23. The van der Waals surface area contributed by atoms with Gasteiger partial charge in [-0.25, -0.2) is 4.39 Å². The highest BCUT2D eigenvalue weighted by Gasteiger charge is 2.23. The summed E-state index contributed by atoms with van der Waals surface area (Å²) in [6.07, 6.45) is 2.70. The Kier molecular flexibility index (Phi) is 5.78. The smallest absolute Gasteiger partial charge is 0.123 e. The van der Waals surface area contributed by atoms with Gasteiger partial charge in [0, 0.05) is 32.2 Å². The van der Waals surface area contributed by atoms with E-state index in [2.05, 4.69) is 34.9 Å². The molecule has 0 aliphatic carbocycles. The van der Waals surface area contributed by atoms with Crippen LogP contribution in [0, 0.1) is 5.82 Å². The van der Waals surface area contributed by atoms with E-state index in [0.717, 1.165) is 31.2 Å². The van der Waals surface area contributed by atoms with E-state index in [0.29, 0.717) is 0 Å². The number of rotatable bonds is 4. The molecule has 0 aromatic heterocycles. The van der Waals surface area contributed by atoms with E-state index in [-0.39, 0.29) is 18.2 Å². The molecule has 4 heteroatoms. The van der Waals surface area contributed by atoms with Gasteiger partial charge >= 0.3 is 0 Å². The molecule has 0 unspecified atom stereocenters. The molecule has 0 N–H and O–H groups in total. The molecular weight excluding hydrogens is 335 g/mol. The van der Waals surface area contributed by atoms with Crippen molar-refractivity contribution in [1.82, 2.24) is 9.80 Å². The van der Waals surface area contributed by atoms with Gasteiger partial charge in [-0.15, -0.1) is 12.4 Å². The van der Waals surface area contributed by atoms with Gasteiger partial charge in [-0.3, -0.25) is 9.80 Å². The van der Waals surface area contributed by atoms with E-state index >= 15 is 0 Å². The van der Waals surface area contributed by atoms with E-state index in [1.54, 1.807) is 0 Å². The van der Waals surface area contributed by atoms with Gasteiger partial charge in [-0.2, -0.15) is 0 Å². The fraction of sp³-hybridized carbons (Fsp3) is 0.429. The minimum Gasteiger partial charge on any atom is -0.299 e. The molecule has 1 atom stereocenters. The van der Waals surface area contributed by atoms with Gasteiger partial charge in [0.1, 0.15) is 5.82 Å². The van der Waals surface area contributed by atoms with Gasteiger partial charge in [0.05, 0.1) is 0 Å². The van der Waals surface area contributed by atoms with E-state index in [1.807, 2.05) is 12.1 Å². The predicted molar refractivity (Wildman–Crippen MR) is 103 cm³/mol. The molecule has 0 amide bonds. The Morgan fingerprint density at radius 1 is 0.960 bits per heavy atom. The van der Waals surface area contributed by atoms with Crippen LogP contribution in [0.3, 0.4) is 0 Å². The summed E-state index contributed by atoms with van der Waals surface area (Å²) < 4.78 is 13.1. The lowest BCUT2D eigenvalue weighted by Crippen LogP contribution is -2.34. The normalized spacial score (nSPS) is 20.5. The molecule has 4 rings (SSSR count). The molecule has 0 spiro atoms. The maximum atomic E-state index is 13.1. The van der Waals surface area contributed by atoms with Crippen LogP contribution in [0.2, 0.25) is 0 Å². The minimum atomic E-state index is -0.178. The Labute approximate surface area is 156 Å². The monoisotopic (exact) mass is 360 g/mol. The summed E-state index contributed by atoms with van der Waals surface area (Å²) in [6.45, 7) is 8.02. The molecule has 0 bridgehead atoms. The average Bonchev–Trinajstić information content (AvgIpc) is 3.18. The van der Waals surface area contributed by atoms with Crippen LogP contribution in [0.4, 0.5) is 4.39 Å². The zero-order valence-corrected chi connectivity index (χ0v) is 15.6. The maximum Gasteiger partial charge on any atom is 0.123 e. The second kappa shape index (κ2) is 7.86. The summed E-state index contributed by atoms with van der Waals surface area (Å²) in [7, 11) is 0. The summed E-state index contributed by atoms with van der Waals surface area (Å²) in [4.78, 5) is 5.16. The van der Waals surface area contributed by atoms with Crippen LogP contribution in [0.1, 0.15) is 30.9 Å². The Hall–Kier alpha value is -1.42. The lowest BCUT2D eigenvalue weighted by molar-refractivity contribution is 0.201. The zero-order chi connectivity index (χ0) is 16.5. The van der Waals surface area contributed by atoms with Crippen molar-refractivity contribution in [2.24, 2.45) is 0 Å². The van der Waals surface area contributed by atoms with Crippen molar-refractivity contribution in [3.05, 3.63) is 59.4 Å². The molecule has 25 heavy (non-hydrogen) atoms. The summed E-state index contributed by atoms with van der Waals surface area (Å²) >= 11 is 0. The SMILES string of the molecule is C[C@@H]1CCCN1CCN1Cc2ccc(-c3ccc(F)cc3)cc2C1.Cl. The third-order valence-corrected chi connectivity index (χ3v) is 5.57. The van der Waals surface area contributed by atoms with Crippen molar-refractivity contribution in [3.8, 4) is 11.1 Å². The zero-order valence-electron chi connectivity index (χ0n) is 14.7. The van der Waals surface area contributed by atoms with Crippen LogP contribution in [-0.2, 0) is 13.1 Å². The summed E-state index contributed by atoms with van der Waals surface area (Å²) in [5.74, 6) is -0.178. The molecule has 1 saturated heterocycles. The molecule has 2 aromatic rings. The standard InChI is InChI=1S/C21H25FN2.ClH/c1-16-3-2-10-24(16)12-11-23-14-19-5-4-18(13-20(19)15-23)17-6-8-21(22)9-7-17;/h4-9,13,16H,2-3,10-12,14-15H2,1H3;1H/t16-;/m1./s1. The Morgan fingerprint density at radius 3 is 2.40 bits per heavy atom. The topological polar surface area (TPSA) is 6.48 Å². The highest BCUT2D eigenvalue weighted by Crippen LogP contribution is 2.28.